The van der Waals surface area contributed by atoms with Crippen molar-refractivity contribution >= 4 is 23.5 Å². The quantitative estimate of drug-likeness (QED) is 0.676. The summed E-state index contributed by atoms with van der Waals surface area (Å²) in [6, 6.07) is 4.17. The highest BCUT2D eigenvalue weighted by Crippen LogP contribution is 2.24. The molecule has 2 rings (SSSR count). The number of guanidine groups is 1. The molecular formula is C17H29N5S. The molecule has 128 valence electrons. The first-order chi connectivity index (χ1) is 11.0. The molecule has 1 N–H and O–H groups in total. The van der Waals surface area contributed by atoms with E-state index in [0.29, 0.717) is 11.2 Å². The van der Waals surface area contributed by atoms with E-state index in [9.17, 15) is 0 Å². The normalized spacial score (nSPS) is 19.1. The molecule has 1 saturated heterocycles. The molecule has 0 aliphatic carbocycles. The third-order valence-corrected chi connectivity index (χ3v) is 5.61. The zero-order valence-electron chi connectivity index (χ0n) is 14.9. The van der Waals surface area contributed by atoms with Gasteiger partial charge in [0.25, 0.3) is 0 Å². The fourth-order valence-corrected chi connectivity index (χ4v) is 3.90. The summed E-state index contributed by atoms with van der Waals surface area (Å²) < 4.78 is 0. The molecule has 1 fully saturated rings. The highest BCUT2D eigenvalue weighted by atomic mass is 32.2. The third kappa shape index (κ3) is 5.03. The van der Waals surface area contributed by atoms with Crippen molar-refractivity contribution in [1.82, 2.24) is 15.2 Å². The van der Waals surface area contributed by atoms with Crippen LogP contribution in [0.2, 0.25) is 0 Å². The minimum Gasteiger partial charge on any atom is -0.363 e. The number of hydrogen-bond donors (Lipinski definition) is 1. The minimum atomic E-state index is 0.684. The maximum atomic E-state index is 4.47. The summed E-state index contributed by atoms with van der Waals surface area (Å²) in [7, 11) is 5.89. The zero-order valence-corrected chi connectivity index (χ0v) is 15.7. The fourth-order valence-electron chi connectivity index (χ4n) is 2.60. The fraction of sp³-hybridized carbons (Fsp3) is 0.647. The van der Waals surface area contributed by atoms with E-state index in [4.69, 9.17) is 0 Å². The Kier molecular flexibility index (Phi) is 6.57. The first-order valence-electron chi connectivity index (χ1n) is 8.20. The summed E-state index contributed by atoms with van der Waals surface area (Å²) in [4.78, 5) is 13.2. The molecule has 1 aromatic heterocycles. The summed E-state index contributed by atoms with van der Waals surface area (Å²) in [5.41, 5.74) is 1.22. The summed E-state index contributed by atoms with van der Waals surface area (Å²) in [5, 5.41) is 4.19. The lowest BCUT2D eigenvalue weighted by Crippen LogP contribution is -2.48. The van der Waals surface area contributed by atoms with Crippen LogP contribution in [0.15, 0.2) is 23.3 Å². The molecule has 1 aliphatic rings. The monoisotopic (exact) mass is 335 g/mol. The van der Waals surface area contributed by atoms with Crippen LogP contribution >= 0.6 is 11.8 Å². The van der Waals surface area contributed by atoms with Crippen LogP contribution in [0.4, 0.5) is 5.82 Å². The molecule has 5 nitrogen and oxygen atoms in total. The van der Waals surface area contributed by atoms with E-state index in [0.717, 1.165) is 31.4 Å². The number of hydrogen-bond acceptors (Lipinski definition) is 4. The van der Waals surface area contributed by atoms with Crippen molar-refractivity contribution in [1.29, 1.82) is 0 Å². The van der Waals surface area contributed by atoms with Crippen LogP contribution in [-0.4, -0.2) is 61.1 Å². The Labute approximate surface area is 144 Å². The standard InChI is InChI=1S/C17H29N5S/c1-13(2)15-12-22(8-9-23-15)17(18-3)20-11-14-6-7-19-16(10-14)21(4)5/h6-7,10,13,15H,8-9,11-12H2,1-5H3,(H,18,20). The van der Waals surface area contributed by atoms with Gasteiger partial charge in [-0.3, -0.25) is 4.99 Å². The van der Waals surface area contributed by atoms with Gasteiger partial charge in [0.2, 0.25) is 0 Å². The molecular weight excluding hydrogens is 306 g/mol. The predicted octanol–water partition coefficient (Wildman–Crippen LogP) is 2.30. The van der Waals surface area contributed by atoms with Gasteiger partial charge in [-0.05, 0) is 23.6 Å². The summed E-state index contributed by atoms with van der Waals surface area (Å²) in [6.45, 7) is 7.51. The summed E-state index contributed by atoms with van der Waals surface area (Å²) in [6.07, 6.45) is 1.86. The van der Waals surface area contributed by atoms with Crippen molar-refractivity contribution in [2.45, 2.75) is 25.6 Å². The van der Waals surface area contributed by atoms with Gasteiger partial charge in [0.15, 0.2) is 5.96 Å². The Morgan fingerprint density at radius 2 is 2.30 bits per heavy atom. The van der Waals surface area contributed by atoms with Crippen molar-refractivity contribution in [2.24, 2.45) is 10.9 Å². The van der Waals surface area contributed by atoms with E-state index < -0.39 is 0 Å². The second kappa shape index (κ2) is 8.43. The van der Waals surface area contributed by atoms with Crippen LogP contribution in [0.5, 0.6) is 0 Å². The van der Waals surface area contributed by atoms with Gasteiger partial charge < -0.3 is 15.1 Å². The average Bonchev–Trinajstić information content (AvgIpc) is 2.56. The second-order valence-electron chi connectivity index (χ2n) is 6.42. The van der Waals surface area contributed by atoms with Crippen molar-refractivity contribution in [3.8, 4) is 0 Å². The van der Waals surface area contributed by atoms with E-state index in [1.54, 1.807) is 0 Å². The lowest BCUT2D eigenvalue weighted by molar-refractivity contribution is 0.380. The number of aliphatic imine (C=N–C) groups is 1. The molecule has 0 spiro atoms. The number of aromatic nitrogens is 1. The Hall–Kier alpha value is -1.43. The minimum absolute atomic E-state index is 0.684. The number of nitrogens with zero attached hydrogens (tertiary/aromatic N) is 4. The van der Waals surface area contributed by atoms with Crippen molar-refractivity contribution in [2.75, 3.05) is 44.9 Å². The highest BCUT2D eigenvalue weighted by molar-refractivity contribution is 8.00. The Balaban J connectivity index is 1.96. The Bertz CT molecular complexity index is 529. The van der Waals surface area contributed by atoms with Gasteiger partial charge in [0, 0.05) is 58.0 Å². The van der Waals surface area contributed by atoms with Crippen LogP contribution in [-0.2, 0) is 6.54 Å². The van der Waals surface area contributed by atoms with E-state index in [-0.39, 0.29) is 0 Å². The van der Waals surface area contributed by atoms with Crippen LogP contribution in [0.3, 0.4) is 0 Å². The van der Waals surface area contributed by atoms with Gasteiger partial charge in [-0.25, -0.2) is 4.98 Å². The topological polar surface area (TPSA) is 43.8 Å². The van der Waals surface area contributed by atoms with Gasteiger partial charge >= 0.3 is 0 Å². The predicted molar refractivity (Wildman–Crippen MR) is 101 cm³/mol. The van der Waals surface area contributed by atoms with Crippen molar-refractivity contribution in [3.63, 3.8) is 0 Å². The van der Waals surface area contributed by atoms with Crippen LogP contribution in [0.25, 0.3) is 0 Å². The van der Waals surface area contributed by atoms with Gasteiger partial charge in [-0.2, -0.15) is 11.8 Å². The van der Waals surface area contributed by atoms with Crippen molar-refractivity contribution < 1.29 is 0 Å². The van der Waals surface area contributed by atoms with E-state index in [1.807, 2.05) is 32.2 Å². The van der Waals surface area contributed by atoms with Gasteiger partial charge in [-0.15, -0.1) is 0 Å². The first-order valence-corrected chi connectivity index (χ1v) is 9.25. The molecule has 0 radical (unpaired) electrons. The molecule has 1 aliphatic heterocycles. The van der Waals surface area contributed by atoms with Crippen molar-refractivity contribution in [3.05, 3.63) is 23.9 Å². The molecule has 2 heterocycles. The van der Waals surface area contributed by atoms with E-state index in [2.05, 4.69) is 57.9 Å². The van der Waals surface area contributed by atoms with E-state index >= 15 is 0 Å². The smallest absolute Gasteiger partial charge is 0.193 e. The maximum Gasteiger partial charge on any atom is 0.193 e. The first kappa shape index (κ1) is 17.9. The lowest BCUT2D eigenvalue weighted by Gasteiger charge is -2.36. The van der Waals surface area contributed by atoms with Crippen LogP contribution in [0, 0.1) is 5.92 Å². The second-order valence-corrected chi connectivity index (χ2v) is 7.76. The molecule has 0 bridgehead atoms. The number of pyridine rings is 1. The molecule has 0 aromatic carbocycles. The zero-order chi connectivity index (χ0) is 16.8. The van der Waals surface area contributed by atoms with E-state index in [1.165, 1.54) is 11.3 Å². The number of rotatable bonds is 4. The molecule has 1 unspecified atom stereocenters. The number of nitrogens with one attached hydrogen (secondary N) is 1. The highest BCUT2D eigenvalue weighted by Gasteiger charge is 2.24. The molecule has 6 heteroatoms. The SMILES string of the molecule is CN=C(NCc1ccnc(N(C)C)c1)N1CCSC(C(C)C)C1. The van der Waals surface area contributed by atoms with Gasteiger partial charge in [-0.1, -0.05) is 13.8 Å². The average molecular weight is 336 g/mol. The summed E-state index contributed by atoms with van der Waals surface area (Å²) >= 11 is 2.08. The van der Waals surface area contributed by atoms with Gasteiger partial charge in [0.1, 0.15) is 5.82 Å². The largest absolute Gasteiger partial charge is 0.363 e. The molecule has 0 amide bonds. The number of thioether (sulfide) groups is 1. The van der Waals surface area contributed by atoms with Gasteiger partial charge in [0.05, 0.1) is 0 Å². The molecule has 0 saturated carbocycles. The number of anilines is 1. The van der Waals surface area contributed by atoms with Crippen LogP contribution < -0.4 is 10.2 Å². The summed E-state index contributed by atoms with van der Waals surface area (Å²) in [5.74, 6) is 3.85. The Morgan fingerprint density at radius 3 is 2.96 bits per heavy atom. The molecule has 1 aromatic rings. The third-order valence-electron chi connectivity index (χ3n) is 4.07. The Morgan fingerprint density at radius 1 is 1.52 bits per heavy atom. The molecule has 1 atom stereocenters. The molecule has 23 heavy (non-hydrogen) atoms. The van der Waals surface area contributed by atoms with Crippen LogP contribution in [0.1, 0.15) is 19.4 Å². The maximum absolute atomic E-state index is 4.47. The lowest BCUT2D eigenvalue weighted by atomic mass is 10.1.